The van der Waals surface area contributed by atoms with Crippen LogP contribution in [0.3, 0.4) is 0 Å². The zero-order valence-electron chi connectivity index (χ0n) is 8.59. The van der Waals surface area contributed by atoms with Crippen LogP contribution in [0.2, 0.25) is 0 Å². The normalized spacial score (nSPS) is 26.7. The van der Waals surface area contributed by atoms with Crippen molar-refractivity contribution in [1.82, 2.24) is 0 Å². The topological polar surface area (TPSA) is 43.4 Å². The molecule has 2 atom stereocenters. The van der Waals surface area contributed by atoms with Crippen LogP contribution in [0.25, 0.3) is 0 Å². The third-order valence-corrected chi connectivity index (χ3v) is 4.58. The van der Waals surface area contributed by atoms with E-state index in [1.165, 1.54) is 0 Å². The molecule has 2 unspecified atom stereocenters. The third-order valence-electron chi connectivity index (χ3n) is 2.61. The Morgan fingerprint density at radius 3 is 2.40 bits per heavy atom. The van der Waals surface area contributed by atoms with Gasteiger partial charge in [0.25, 0.3) is 0 Å². The van der Waals surface area contributed by atoms with Gasteiger partial charge in [0.1, 0.15) is 0 Å². The van der Waals surface area contributed by atoms with Crippen LogP contribution in [0.4, 0.5) is 0 Å². The lowest BCUT2D eigenvalue weighted by molar-refractivity contribution is 0.0997. The summed E-state index contributed by atoms with van der Waals surface area (Å²) in [5, 5.41) is 0. The van der Waals surface area contributed by atoms with Crippen LogP contribution < -0.4 is 0 Å². The Kier molecular flexibility index (Phi) is 2.80. The molecule has 0 aromatic heterocycles. The summed E-state index contributed by atoms with van der Waals surface area (Å²) in [6.07, 6.45) is 1.46. The zero-order valence-corrected chi connectivity index (χ0v) is 9.41. The standard InChI is InChI=1S/C11H14O3S/c1-9-7-8-11(14-9)15(12,13)10-5-3-2-4-6-10/h2-6,9,11H,7-8H2,1H3. The van der Waals surface area contributed by atoms with Gasteiger partial charge >= 0.3 is 0 Å². The molecule has 2 rings (SSSR count). The summed E-state index contributed by atoms with van der Waals surface area (Å²) in [6, 6.07) is 8.48. The number of hydrogen-bond donors (Lipinski definition) is 0. The molecule has 0 aliphatic carbocycles. The Balaban J connectivity index is 2.28. The molecule has 1 aliphatic heterocycles. The molecule has 1 aromatic rings. The van der Waals surface area contributed by atoms with Gasteiger partial charge in [-0.3, -0.25) is 0 Å². The maximum atomic E-state index is 12.1. The van der Waals surface area contributed by atoms with Gasteiger partial charge in [0.05, 0.1) is 11.0 Å². The summed E-state index contributed by atoms with van der Waals surface area (Å²) in [5.74, 6) is 0. The fourth-order valence-electron chi connectivity index (χ4n) is 1.76. The molecule has 82 valence electrons. The van der Waals surface area contributed by atoms with E-state index >= 15 is 0 Å². The quantitative estimate of drug-likeness (QED) is 0.774. The number of sulfone groups is 1. The van der Waals surface area contributed by atoms with E-state index in [2.05, 4.69) is 0 Å². The predicted octanol–water partition coefficient (Wildman–Crippen LogP) is 1.99. The van der Waals surface area contributed by atoms with E-state index in [4.69, 9.17) is 4.74 Å². The fraction of sp³-hybridized carbons (Fsp3) is 0.455. The number of ether oxygens (including phenoxy) is 1. The molecule has 1 aliphatic rings. The van der Waals surface area contributed by atoms with Crippen LogP contribution >= 0.6 is 0 Å². The zero-order chi connectivity index (χ0) is 10.9. The SMILES string of the molecule is CC1CCC(S(=O)(=O)c2ccccc2)O1. The Labute approximate surface area is 90.0 Å². The first-order chi connectivity index (χ1) is 7.10. The van der Waals surface area contributed by atoms with E-state index in [0.29, 0.717) is 11.3 Å². The van der Waals surface area contributed by atoms with Crippen LogP contribution in [0, 0.1) is 0 Å². The molecule has 0 spiro atoms. The maximum Gasteiger partial charge on any atom is 0.205 e. The minimum atomic E-state index is -3.29. The summed E-state index contributed by atoms with van der Waals surface area (Å²) in [6.45, 7) is 1.90. The smallest absolute Gasteiger partial charge is 0.205 e. The first kappa shape index (κ1) is 10.6. The molecule has 0 saturated carbocycles. The summed E-state index contributed by atoms with van der Waals surface area (Å²) in [5.41, 5.74) is -0.658. The lowest BCUT2D eigenvalue weighted by atomic mass is 10.3. The summed E-state index contributed by atoms with van der Waals surface area (Å²) < 4.78 is 29.5. The van der Waals surface area contributed by atoms with Gasteiger partial charge in [-0.15, -0.1) is 0 Å². The van der Waals surface area contributed by atoms with Crippen molar-refractivity contribution < 1.29 is 13.2 Å². The first-order valence-corrected chi connectivity index (χ1v) is 6.60. The molecular weight excluding hydrogens is 212 g/mol. The van der Waals surface area contributed by atoms with Gasteiger partial charge in [0.2, 0.25) is 9.84 Å². The minimum Gasteiger partial charge on any atom is -0.359 e. The highest BCUT2D eigenvalue weighted by atomic mass is 32.2. The number of benzene rings is 1. The van der Waals surface area contributed by atoms with Gasteiger partial charge in [-0.05, 0) is 31.9 Å². The summed E-state index contributed by atoms with van der Waals surface area (Å²) in [7, 11) is -3.29. The maximum absolute atomic E-state index is 12.1. The monoisotopic (exact) mass is 226 g/mol. The lowest BCUT2D eigenvalue weighted by Gasteiger charge is -2.12. The predicted molar refractivity (Wildman–Crippen MR) is 57.2 cm³/mol. The Morgan fingerprint density at radius 1 is 1.20 bits per heavy atom. The minimum absolute atomic E-state index is 0.0495. The Morgan fingerprint density at radius 2 is 1.87 bits per heavy atom. The molecule has 0 amide bonds. The van der Waals surface area contributed by atoms with E-state index in [-0.39, 0.29) is 6.10 Å². The highest BCUT2D eigenvalue weighted by molar-refractivity contribution is 7.92. The fourth-order valence-corrected chi connectivity index (χ4v) is 3.38. The van der Waals surface area contributed by atoms with Gasteiger partial charge in [-0.25, -0.2) is 8.42 Å². The van der Waals surface area contributed by atoms with E-state index in [9.17, 15) is 8.42 Å². The molecule has 1 fully saturated rings. The van der Waals surface area contributed by atoms with Crippen molar-refractivity contribution >= 4 is 9.84 Å². The average Bonchev–Trinajstić information content (AvgIpc) is 2.67. The van der Waals surface area contributed by atoms with Gasteiger partial charge in [0, 0.05) is 0 Å². The van der Waals surface area contributed by atoms with Crippen LogP contribution in [-0.4, -0.2) is 20.0 Å². The first-order valence-electron chi connectivity index (χ1n) is 5.05. The summed E-state index contributed by atoms with van der Waals surface area (Å²) in [4.78, 5) is 0.351. The molecule has 4 heteroatoms. The van der Waals surface area contributed by atoms with E-state index in [1.807, 2.05) is 6.92 Å². The summed E-state index contributed by atoms with van der Waals surface area (Å²) >= 11 is 0. The molecule has 1 aromatic carbocycles. The molecule has 3 nitrogen and oxygen atoms in total. The van der Waals surface area contributed by atoms with Crippen molar-refractivity contribution in [3.8, 4) is 0 Å². The largest absolute Gasteiger partial charge is 0.359 e. The molecule has 0 N–H and O–H groups in total. The van der Waals surface area contributed by atoms with Gasteiger partial charge in [-0.2, -0.15) is 0 Å². The second kappa shape index (κ2) is 3.94. The Hall–Kier alpha value is -0.870. The van der Waals surface area contributed by atoms with E-state index in [0.717, 1.165) is 6.42 Å². The second-order valence-electron chi connectivity index (χ2n) is 3.81. The van der Waals surface area contributed by atoms with Crippen molar-refractivity contribution in [1.29, 1.82) is 0 Å². The highest BCUT2D eigenvalue weighted by Gasteiger charge is 2.34. The van der Waals surface area contributed by atoms with Crippen LogP contribution in [0.5, 0.6) is 0 Å². The molecule has 1 saturated heterocycles. The van der Waals surface area contributed by atoms with E-state index in [1.54, 1.807) is 30.3 Å². The Bertz CT molecular complexity index is 424. The molecule has 15 heavy (non-hydrogen) atoms. The lowest BCUT2D eigenvalue weighted by Crippen LogP contribution is -2.21. The van der Waals surface area contributed by atoms with Crippen molar-refractivity contribution in [2.45, 2.75) is 36.2 Å². The molecular formula is C11H14O3S. The van der Waals surface area contributed by atoms with Crippen LogP contribution in [0.1, 0.15) is 19.8 Å². The van der Waals surface area contributed by atoms with Crippen LogP contribution in [0.15, 0.2) is 35.2 Å². The van der Waals surface area contributed by atoms with Crippen molar-refractivity contribution in [3.05, 3.63) is 30.3 Å². The third kappa shape index (κ3) is 2.06. The second-order valence-corrected chi connectivity index (χ2v) is 5.90. The van der Waals surface area contributed by atoms with Crippen molar-refractivity contribution in [2.24, 2.45) is 0 Å². The average molecular weight is 226 g/mol. The van der Waals surface area contributed by atoms with Crippen LogP contribution in [-0.2, 0) is 14.6 Å². The molecule has 0 bridgehead atoms. The highest BCUT2D eigenvalue weighted by Crippen LogP contribution is 2.27. The molecule has 0 radical (unpaired) electrons. The van der Waals surface area contributed by atoms with Gasteiger partial charge in [0.15, 0.2) is 5.44 Å². The van der Waals surface area contributed by atoms with Gasteiger partial charge in [-0.1, -0.05) is 18.2 Å². The van der Waals surface area contributed by atoms with Gasteiger partial charge < -0.3 is 4.74 Å². The number of hydrogen-bond acceptors (Lipinski definition) is 3. The number of rotatable bonds is 2. The molecule has 1 heterocycles. The van der Waals surface area contributed by atoms with E-state index < -0.39 is 15.3 Å². The van der Waals surface area contributed by atoms with Crippen molar-refractivity contribution in [3.63, 3.8) is 0 Å². The van der Waals surface area contributed by atoms with Crippen molar-refractivity contribution in [2.75, 3.05) is 0 Å².